The summed E-state index contributed by atoms with van der Waals surface area (Å²) in [6.07, 6.45) is 0. The second-order valence-corrected chi connectivity index (χ2v) is 7.42. The highest BCUT2D eigenvalue weighted by Gasteiger charge is 2.13. The van der Waals surface area contributed by atoms with Crippen LogP contribution in [-0.2, 0) is 10.0 Å². The van der Waals surface area contributed by atoms with Gasteiger partial charge in [-0.1, -0.05) is 23.2 Å². The average molecular weight is 404 g/mol. The Bertz CT molecular complexity index is 900. The van der Waals surface area contributed by atoms with Crippen LogP contribution in [0.1, 0.15) is 10.4 Å². The number of carbonyl (C=O) groups excluding carboxylic acids is 1. The van der Waals surface area contributed by atoms with Gasteiger partial charge in [-0.3, -0.25) is 10.1 Å². The number of amides is 1. The normalized spacial score (nSPS) is 11.0. The number of rotatable bonds is 3. The van der Waals surface area contributed by atoms with Crippen LogP contribution in [0, 0.1) is 0 Å². The first-order chi connectivity index (χ1) is 11.2. The van der Waals surface area contributed by atoms with Crippen molar-refractivity contribution in [2.45, 2.75) is 4.90 Å². The summed E-state index contributed by atoms with van der Waals surface area (Å²) in [5.74, 6) is -0.504. The SMILES string of the molecule is NS(=O)(=O)c1ccc(NC(=S)NC(=O)c2ccc(Cl)cc2Cl)cc1. The summed E-state index contributed by atoms with van der Waals surface area (Å²) in [6.45, 7) is 0. The Labute approximate surface area is 154 Å². The second kappa shape index (κ2) is 7.45. The van der Waals surface area contributed by atoms with Gasteiger partial charge in [0.25, 0.3) is 5.91 Å². The fourth-order valence-corrected chi connectivity index (χ4v) is 2.95. The number of sulfonamides is 1. The van der Waals surface area contributed by atoms with Crippen LogP contribution in [0.2, 0.25) is 10.0 Å². The number of hydrogen-bond donors (Lipinski definition) is 3. The quantitative estimate of drug-likeness (QED) is 0.683. The van der Waals surface area contributed by atoms with Crippen molar-refractivity contribution < 1.29 is 13.2 Å². The van der Waals surface area contributed by atoms with Crippen LogP contribution in [0.3, 0.4) is 0 Å². The van der Waals surface area contributed by atoms with Crippen LogP contribution in [0.25, 0.3) is 0 Å². The number of nitrogens with one attached hydrogen (secondary N) is 2. The highest BCUT2D eigenvalue weighted by molar-refractivity contribution is 7.89. The summed E-state index contributed by atoms with van der Waals surface area (Å²) < 4.78 is 22.4. The van der Waals surface area contributed by atoms with E-state index in [2.05, 4.69) is 10.6 Å². The molecule has 0 unspecified atom stereocenters. The molecule has 0 atom stereocenters. The van der Waals surface area contributed by atoms with E-state index in [0.29, 0.717) is 10.7 Å². The van der Waals surface area contributed by atoms with Crippen LogP contribution in [-0.4, -0.2) is 19.4 Å². The van der Waals surface area contributed by atoms with E-state index in [9.17, 15) is 13.2 Å². The van der Waals surface area contributed by atoms with Gasteiger partial charge in [0.1, 0.15) is 0 Å². The van der Waals surface area contributed by atoms with Gasteiger partial charge in [0.2, 0.25) is 10.0 Å². The first-order valence-corrected chi connectivity index (χ1v) is 9.08. The third-order valence-electron chi connectivity index (χ3n) is 2.84. The fraction of sp³-hybridized carbons (Fsp3) is 0. The van der Waals surface area contributed by atoms with Crippen molar-refractivity contribution in [3.05, 3.63) is 58.1 Å². The van der Waals surface area contributed by atoms with Gasteiger partial charge in [0.05, 0.1) is 15.5 Å². The molecule has 0 aliphatic rings. The predicted octanol–water partition coefficient (Wildman–Crippen LogP) is 2.77. The highest BCUT2D eigenvalue weighted by Crippen LogP contribution is 2.21. The molecule has 126 valence electrons. The number of hydrogen-bond acceptors (Lipinski definition) is 4. The molecule has 2 aromatic rings. The predicted molar refractivity (Wildman–Crippen MR) is 98.0 cm³/mol. The number of nitrogens with two attached hydrogens (primary N) is 1. The smallest absolute Gasteiger partial charge is 0.258 e. The maximum atomic E-state index is 12.1. The molecular weight excluding hydrogens is 393 g/mol. The van der Waals surface area contributed by atoms with E-state index in [1.807, 2.05) is 0 Å². The second-order valence-electron chi connectivity index (χ2n) is 4.60. The van der Waals surface area contributed by atoms with Gasteiger partial charge in [-0.15, -0.1) is 0 Å². The molecule has 2 rings (SSSR count). The van der Waals surface area contributed by atoms with Crippen molar-refractivity contribution in [1.82, 2.24) is 5.32 Å². The Hall–Kier alpha value is -1.71. The molecule has 0 saturated heterocycles. The average Bonchev–Trinajstić information content (AvgIpc) is 2.46. The molecule has 0 fully saturated rings. The summed E-state index contributed by atoms with van der Waals surface area (Å²) in [5.41, 5.74) is 0.699. The van der Waals surface area contributed by atoms with Gasteiger partial charge in [-0.25, -0.2) is 13.6 Å². The van der Waals surface area contributed by atoms with E-state index in [1.165, 1.54) is 42.5 Å². The van der Waals surface area contributed by atoms with Crippen LogP contribution < -0.4 is 15.8 Å². The summed E-state index contributed by atoms with van der Waals surface area (Å²) in [6, 6.07) is 10.0. The van der Waals surface area contributed by atoms with E-state index in [1.54, 1.807) is 0 Å². The molecule has 4 N–H and O–H groups in total. The van der Waals surface area contributed by atoms with E-state index < -0.39 is 15.9 Å². The minimum Gasteiger partial charge on any atom is -0.332 e. The Morgan fingerprint density at radius 3 is 2.25 bits per heavy atom. The molecule has 2 aromatic carbocycles. The molecule has 0 aromatic heterocycles. The molecule has 0 radical (unpaired) electrons. The molecule has 0 aliphatic heterocycles. The molecule has 0 aliphatic carbocycles. The van der Waals surface area contributed by atoms with E-state index in [4.69, 9.17) is 40.6 Å². The highest BCUT2D eigenvalue weighted by atomic mass is 35.5. The number of primary sulfonamides is 1. The summed E-state index contributed by atoms with van der Waals surface area (Å²) in [7, 11) is -3.77. The minimum atomic E-state index is -3.77. The zero-order valence-corrected chi connectivity index (χ0v) is 15.1. The topological polar surface area (TPSA) is 101 Å². The molecule has 10 heteroatoms. The Balaban J connectivity index is 2.04. The standard InChI is InChI=1S/C14H11Cl2N3O3S2/c15-8-1-6-11(12(16)7-8)13(20)19-14(23)18-9-2-4-10(5-3-9)24(17,21)22/h1-7H,(H2,17,21,22)(H2,18,19,20,23). The molecule has 0 spiro atoms. The lowest BCUT2D eigenvalue weighted by Crippen LogP contribution is -2.34. The third kappa shape index (κ3) is 4.89. The number of benzene rings is 2. The monoisotopic (exact) mass is 403 g/mol. The van der Waals surface area contributed by atoms with Crippen LogP contribution in [0.5, 0.6) is 0 Å². The maximum Gasteiger partial charge on any atom is 0.258 e. The zero-order valence-electron chi connectivity index (χ0n) is 11.9. The Morgan fingerprint density at radius 2 is 1.71 bits per heavy atom. The first kappa shape index (κ1) is 18.6. The zero-order chi connectivity index (χ0) is 17.9. The van der Waals surface area contributed by atoms with Gasteiger partial charge in [-0.2, -0.15) is 0 Å². The lowest BCUT2D eigenvalue weighted by molar-refractivity contribution is 0.0978. The van der Waals surface area contributed by atoms with E-state index >= 15 is 0 Å². The molecule has 0 bridgehead atoms. The largest absolute Gasteiger partial charge is 0.332 e. The van der Waals surface area contributed by atoms with Crippen molar-refractivity contribution in [2.24, 2.45) is 5.14 Å². The van der Waals surface area contributed by atoms with Gasteiger partial charge in [0.15, 0.2) is 5.11 Å². The van der Waals surface area contributed by atoms with Crippen LogP contribution in [0.15, 0.2) is 47.4 Å². The molecule has 24 heavy (non-hydrogen) atoms. The van der Waals surface area contributed by atoms with Crippen LogP contribution >= 0.6 is 35.4 Å². The molecule has 6 nitrogen and oxygen atoms in total. The summed E-state index contributed by atoms with van der Waals surface area (Å²) >= 11 is 16.8. The summed E-state index contributed by atoms with van der Waals surface area (Å²) in [4.78, 5) is 12.1. The van der Waals surface area contributed by atoms with Gasteiger partial charge in [-0.05, 0) is 54.7 Å². The van der Waals surface area contributed by atoms with Crippen molar-refractivity contribution in [2.75, 3.05) is 5.32 Å². The Morgan fingerprint density at radius 1 is 1.08 bits per heavy atom. The maximum absolute atomic E-state index is 12.1. The molecule has 1 amide bonds. The lowest BCUT2D eigenvalue weighted by atomic mass is 10.2. The van der Waals surface area contributed by atoms with Crippen molar-refractivity contribution in [1.29, 1.82) is 0 Å². The fourth-order valence-electron chi connectivity index (χ4n) is 1.73. The number of halogens is 2. The van der Waals surface area contributed by atoms with Crippen LogP contribution in [0.4, 0.5) is 5.69 Å². The Kier molecular flexibility index (Phi) is 5.79. The van der Waals surface area contributed by atoms with E-state index in [-0.39, 0.29) is 20.6 Å². The number of thiocarbonyl (C=S) groups is 1. The van der Waals surface area contributed by atoms with Crippen molar-refractivity contribution in [3.63, 3.8) is 0 Å². The lowest BCUT2D eigenvalue weighted by Gasteiger charge is -2.11. The first-order valence-electron chi connectivity index (χ1n) is 6.37. The number of anilines is 1. The van der Waals surface area contributed by atoms with Gasteiger partial charge < -0.3 is 5.32 Å². The van der Waals surface area contributed by atoms with Gasteiger partial charge in [0, 0.05) is 10.7 Å². The van der Waals surface area contributed by atoms with Crippen molar-refractivity contribution in [3.8, 4) is 0 Å². The minimum absolute atomic E-state index is 0.0226. The third-order valence-corrected chi connectivity index (χ3v) is 4.52. The molecule has 0 saturated carbocycles. The molecular formula is C14H11Cl2N3O3S2. The summed E-state index contributed by atoms with van der Waals surface area (Å²) in [5, 5.41) is 10.8. The molecule has 0 heterocycles. The van der Waals surface area contributed by atoms with E-state index in [0.717, 1.165) is 0 Å². The van der Waals surface area contributed by atoms with Crippen molar-refractivity contribution >= 4 is 62.2 Å². The number of carbonyl (C=O) groups is 1. The van der Waals surface area contributed by atoms with Gasteiger partial charge >= 0.3 is 0 Å².